The van der Waals surface area contributed by atoms with Crippen molar-refractivity contribution in [3.8, 4) is 11.5 Å². The molecule has 1 saturated carbocycles. The second-order valence-electron chi connectivity index (χ2n) is 15.8. The van der Waals surface area contributed by atoms with Crippen LogP contribution in [0.15, 0.2) is 91.0 Å². The van der Waals surface area contributed by atoms with Crippen molar-refractivity contribution in [3.63, 3.8) is 0 Å². The molecule has 1 N–H and O–H groups in total. The van der Waals surface area contributed by atoms with Crippen molar-refractivity contribution in [2.45, 2.75) is 56.5 Å². The van der Waals surface area contributed by atoms with Crippen molar-refractivity contribution in [3.05, 3.63) is 119 Å². The Balaban J connectivity index is 0.780. The number of piperazine rings is 1. The van der Waals surface area contributed by atoms with Crippen LogP contribution in [-0.2, 0) is 16.1 Å². The number of piperidine rings is 1. The van der Waals surface area contributed by atoms with Gasteiger partial charge in [0, 0.05) is 99.2 Å². The van der Waals surface area contributed by atoms with E-state index in [-0.39, 0.29) is 41.5 Å². The van der Waals surface area contributed by atoms with Crippen molar-refractivity contribution in [2.24, 2.45) is 5.92 Å². The van der Waals surface area contributed by atoms with Crippen LogP contribution in [0, 0.1) is 5.92 Å². The molecule has 3 atom stereocenters. The minimum absolute atomic E-state index is 0.0197. The van der Waals surface area contributed by atoms with Crippen LogP contribution >= 0.6 is 0 Å². The average Bonchev–Trinajstić information content (AvgIpc) is 3.53. The smallest absolute Gasteiger partial charge is 0.255 e. The van der Waals surface area contributed by atoms with Gasteiger partial charge in [-0.2, -0.15) is 0 Å². The van der Waals surface area contributed by atoms with Gasteiger partial charge in [0.2, 0.25) is 0 Å². The molecule has 4 aliphatic heterocycles. The largest absolute Gasteiger partial charge is 0.508 e. The highest BCUT2D eigenvalue weighted by Gasteiger charge is 2.39. The zero-order valence-electron chi connectivity index (χ0n) is 30.7. The Morgan fingerprint density at radius 3 is 2.22 bits per heavy atom. The van der Waals surface area contributed by atoms with Gasteiger partial charge in [-0.1, -0.05) is 48.5 Å². The average molecular weight is 725 g/mol. The number of Topliss-reactive ketones (excluding diaryl/α,β-unsaturated/α-hetero) is 2. The Bertz CT molecular complexity index is 2030. The van der Waals surface area contributed by atoms with E-state index in [1.165, 1.54) is 29.7 Å². The summed E-state index contributed by atoms with van der Waals surface area (Å²) in [5.74, 6) is 1.78. The molecule has 9 nitrogen and oxygen atoms in total. The van der Waals surface area contributed by atoms with Crippen LogP contribution in [-0.4, -0.2) is 90.8 Å². The van der Waals surface area contributed by atoms with Crippen LogP contribution in [0.25, 0.3) is 0 Å². The van der Waals surface area contributed by atoms with Crippen LogP contribution in [0.1, 0.15) is 76.6 Å². The van der Waals surface area contributed by atoms with Gasteiger partial charge in [-0.05, 0) is 78.3 Å². The molecule has 278 valence electrons. The Hall–Kier alpha value is -5.15. The summed E-state index contributed by atoms with van der Waals surface area (Å²) < 4.78 is 6.17. The van der Waals surface area contributed by atoms with E-state index in [1.807, 2.05) is 12.1 Å². The van der Waals surface area contributed by atoms with Gasteiger partial charge in [-0.25, -0.2) is 0 Å². The van der Waals surface area contributed by atoms with E-state index in [9.17, 15) is 19.5 Å². The molecule has 1 amide bonds. The Labute approximate surface area is 317 Å². The highest BCUT2D eigenvalue weighted by molar-refractivity contribution is 6.07. The number of carbonyl (C=O) groups excluding carboxylic acids is 3. The number of amides is 1. The fourth-order valence-corrected chi connectivity index (χ4v) is 9.59. The van der Waals surface area contributed by atoms with Crippen LogP contribution in [0.4, 0.5) is 11.4 Å². The molecule has 0 radical (unpaired) electrons. The van der Waals surface area contributed by atoms with Gasteiger partial charge in [-0.15, -0.1) is 0 Å². The second kappa shape index (κ2) is 14.6. The Morgan fingerprint density at radius 1 is 0.722 bits per heavy atom. The molecular formula is C45H48N4O5. The minimum Gasteiger partial charge on any atom is -0.508 e. The van der Waals surface area contributed by atoms with Crippen LogP contribution in [0.5, 0.6) is 11.5 Å². The molecular weight excluding hydrogens is 677 g/mol. The molecule has 54 heavy (non-hydrogen) atoms. The van der Waals surface area contributed by atoms with Crippen LogP contribution in [0.3, 0.4) is 0 Å². The number of fused-ring (bicyclic) bond motifs is 2. The fourth-order valence-electron chi connectivity index (χ4n) is 9.59. The molecule has 0 aromatic heterocycles. The number of aromatic hydroxyl groups is 1. The van der Waals surface area contributed by atoms with Crippen molar-refractivity contribution in [1.82, 2.24) is 9.80 Å². The number of ketones is 2. The predicted molar refractivity (Wildman–Crippen MR) is 209 cm³/mol. The summed E-state index contributed by atoms with van der Waals surface area (Å²) >= 11 is 0. The number of benzene rings is 4. The molecule has 9 heteroatoms. The molecule has 0 bridgehead atoms. The summed E-state index contributed by atoms with van der Waals surface area (Å²) in [4.78, 5) is 46.7. The number of nitrogens with zero attached hydrogens (tertiary/aromatic N) is 4. The number of anilines is 2. The number of phenols is 1. The Kier molecular flexibility index (Phi) is 9.35. The normalized spacial score (nSPS) is 23.7. The summed E-state index contributed by atoms with van der Waals surface area (Å²) in [5, 5.41) is 10.1. The molecule has 4 aromatic rings. The third-order valence-corrected chi connectivity index (χ3v) is 12.6. The third-order valence-electron chi connectivity index (χ3n) is 12.6. The molecule has 2 unspecified atom stereocenters. The molecule has 3 fully saturated rings. The molecule has 0 spiro atoms. The maximum Gasteiger partial charge on any atom is 0.255 e. The first kappa shape index (κ1) is 34.6. The summed E-state index contributed by atoms with van der Waals surface area (Å²) in [6.45, 7) is 8.21. The van der Waals surface area contributed by atoms with Crippen molar-refractivity contribution >= 4 is 28.8 Å². The lowest BCUT2D eigenvalue weighted by atomic mass is 9.76. The quantitative estimate of drug-likeness (QED) is 0.220. The number of ether oxygens (including phenoxy) is 1. The topological polar surface area (TPSA) is 93.6 Å². The molecule has 1 aliphatic carbocycles. The van der Waals surface area contributed by atoms with Gasteiger partial charge in [0.15, 0.2) is 5.78 Å². The van der Waals surface area contributed by atoms with E-state index in [0.717, 1.165) is 68.4 Å². The van der Waals surface area contributed by atoms with Crippen LogP contribution in [0.2, 0.25) is 0 Å². The third kappa shape index (κ3) is 6.74. The molecule has 5 aliphatic rings. The van der Waals surface area contributed by atoms with E-state index >= 15 is 0 Å². The summed E-state index contributed by atoms with van der Waals surface area (Å²) in [6, 6.07) is 30.9. The number of hydrogen-bond donors (Lipinski definition) is 1. The van der Waals surface area contributed by atoms with Gasteiger partial charge >= 0.3 is 0 Å². The van der Waals surface area contributed by atoms with Gasteiger partial charge < -0.3 is 24.5 Å². The number of rotatable bonds is 7. The highest BCUT2D eigenvalue weighted by atomic mass is 16.5. The molecule has 2 saturated heterocycles. The maximum atomic E-state index is 13.2. The fraction of sp³-hybridized carbons (Fsp3) is 0.400. The van der Waals surface area contributed by atoms with E-state index in [4.69, 9.17) is 4.74 Å². The van der Waals surface area contributed by atoms with Gasteiger partial charge in [-0.3, -0.25) is 19.3 Å². The monoisotopic (exact) mass is 724 g/mol. The summed E-state index contributed by atoms with van der Waals surface area (Å²) in [7, 11) is 0. The Morgan fingerprint density at radius 2 is 1.46 bits per heavy atom. The lowest BCUT2D eigenvalue weighted by Gasteiger charge is -2.40. The number of hydrogen-bond acceptors (Lipinski definition) is 8. The molecule has 9 rings (SSSR count). The highest BCUT2D eigenvalue weighted by Crippen LogP contribution is 2.47. The standard InChI is InChI=1S/C45H48N4O5/c50-36-12-15-41(42(52)25-36)49-28-33-24-35(10-13-38(33)45(49)53)48-22-20-46(21-23-48)27-30-16-18-47(19-17-30)34-8-6-32(7-9-34)44-39-14-11-37(51)26-43(39)54-29-40(44)31-4-2-1-3-5-31/h1-11,13-14,24,26,30,40-41,44,51H,12,15-23,25,27-29H2/t40-,41?,44?/m1/s1. The van der Waals surface area contributed by atoms with Gasteiger partial charge in [0.05, 0.1) is 19.1 Å². The molecule has 4 aromatic carbocycles. The predicted octanol–water partition coefficient (Wildman–Crippen LogP) is 6.39. The van der Waals surface area contributed by atoms with Crippen molar-refractivity contribution in [1.29, 1.82) is 0 Å². The zero-order valence-corrected chi connectivity index (χ0v) is 30.7. The number of phenolic OH excluding ortho intramolecular Hbond substituents is 1. The lowest BCUT2D eigenvalue weighted by molar-refractivity contribution is -0.133. The van der Waals surface area contributed by atoms with E-state index in [0.29, 0.717) is 37.5 Å². The zero-order chi connectivity index (χ0) is 36.8. The van der Waals surface area contributed by atoms with Gasteiger partial charge in [0.1, 0.15) is 17.3 Å². The maximum absolute atomic E-state index is 13.2. The SMILES string of the molecule is O=C1CCC(N2Cc3cc(N4CCN(CC5CCN(c6ccc(C7c8ccc(O)cc8OC[C@@H]7c7ccccc7)cc6)CC5)CC4)ccc3C2=O)C(=O)C1. The minimum atomic E-state index is -0.478. The first-order valence-corrected chi connectivity index (χ1v) is 19.7. The lowest BCUT2D eigenvalue weighted by Crippen LogP contribution is -2.49. The number of carbonyl (C=O) groups is 3. The van der Waals surface area contributed by atoms with E-state index in [2.05, 4.69) is 81.4 Å². The second-order valence-corrected chi connectivity index (χ2v) is 15.8. The van der Waals surface area contributed by atoms with Crippen LogP contribution < -0.4 is 14.5 Å². The van der Waals surface area contributed by atoms with Crippen molar-refractivity contribution < 1.29 is 24.2 Å². The summed E-state index contributed by atoms with van der Waals surface area (Å²) in [6.07, 6.45) is 3.13. The van der Waals surface area contributed by atoms with E-state index in [1.54, 1.807) is 17.0 Å². The first-order chi connectivity index (χ1) is 26.4. The van der Waals surface area contributed by atoms with Gasteiger partial charge in [0.25, 0.3) is 5.91 Å². The summed E-state index contributed by atoms with van der Waals surface area (Å²) in [5.41, 5.74) is 7.73. The first-order valence-electron chi connectivity index (χ1n) is 19.7. The van der Waals surface area contributed by atoms with E-state index < -0.39 is 6.04 Å². The molecule has 4 heterocycles. The van der Waals surface area contributed by atoms with Crippen molar-refractivity contribution in [2.75, 3.05) is 62.2 Å².